The molecule has 0 atom stereocenters. The molecule has 4 nitrogen and oxygen atoms in total. The van der Waals surface area contributed by atoms with E-state index in [-0.39, 0.29) is 12.2 Å². The lowest BCUT2D eigenvalue weighted by Gasteiger charge is -2.04. The minimum Gasteiger partial charge on any atom is -0.481 e. The SMILES string of the molecule is CCc1c(-c2ccc(F)cc2)nc2scc(CC(=O)O)n12. The molecule has 108 valence electrons. The highest BCUT2D eigenvalue weighted by Gasteiger charge is 2.17. The molecule has 0 aliphatic carbocycles. The first kappa shape index (κ1) is 13.8. The Hall–Kier alpha value is -2.21. The van der Waals surface area contributed by atoms with Crippen LogP contribution in [0.2, 0.25) is 0 Å². The Bertz CT molecular complexity index is 805. The summed E-state index contributed by atoms with van der Waals surface area (Å²) in [5.74, 6) is -1.15. The maximum atomic E-state index is 13.0. The van der Waals surface area contributed by atoms with Crippen LogP contribution >= 0.6 is 11.3 Å². The van der Waals surface area contributed by atoms with Crippen LogP contribution in [0.15, 0.2) is 29.6 Å². The number of thiazole rings is 1. The normalized spacial score (nSPS) is 11.1. The molecule has 0 radical (unpaired) electrons. The van der Waals surface area contributed by atoms with E-state index in [1.165, 1.54) is 23.5 Å². The van der Waals surface area contributed by atoms with Gasteiger partial charge >= 0.3 is 5.97 Å². The lowest BCUT2D eigenvalue weighted by Crippen LogP contribution is -2.04. The van der Waals surface area contributed by atoms with Gasteiger partial charge in [-0.1, -0.05) is 6.92 Å². The maximum absolute atomic E-state index is 13.0. The molecule has 0 amide bonds. The summed E-state index contributed by atoms with van der Waals surface area (Å²) in [7, 11) is 0. The minimum atomic E-state index is -0.867. The van der Waals surface area contributed by atoms with Crippen molar-refractivity contribution in [2.45, 2.75) is 19.8 Å². The molecule has 2 aromatic heterocycles. The van der Waals surface area contributed by atoms with Crippen molar-refractivity contribution in [3.63, 3.8) is 0 Å². The summed E-state index contributed by atoms with van der Waals surface area (Å²) in [5, 5.41) is 10.8. The Balaban J connectivity index is 2.18. The third-order valence-electron chi connectivity index (χ3n) is 3.31. The Kier molecular flexibility index (Phi) is 3.47. The topological polar surface area (TPSA) is 54.6 Å². The van der Waals surface area contributed by atoms with Crippen LogP contribution in [0.4, 0.5) is 4.39 Å². The van der Waals surface area contributed by atoms with Crippen molar-refractivity contribution in [1.82, 2.24) is 9.38 Å². The van der Waals surface area contributed by atoms with Gasteiger partial charge in [0.05, 0.1) is 17.8 Å². The molecule has 0 saturated carbocycles. The van der Waals surface area contributed by atoms with Crippen molar-refractivity contribution in [1.29, 1.82) is 0 Å². The van der Waals surface area contributed by atoms with Crippen molar-refractivity contribution in [2.75, 3.05) is 0 Å². The lowest BCUT2D eigenvalue weighted by atomic mass is 10.1. The number of aryl methyl sites for hydroxylation is 1. The van der Waals surface area contributed by atoms with Crippen LogP contribution in [-0.2, 0) is 17.6 Å². The highest BCUT2D eigenvalue weighted by atomic mass is 32.1. The van der Waals surface area contributed by atoms with Crippen molar-refractivity contribution in [3.05, 3.63) is 46.9 Å². The molecule has 0 aliphatic rings. The number of fused-ring (bicyclic) bond motifs is 1. The Morgan fingerprint density at radius 3 is 2.71 bits per heavy atom. The highest BCUT2D eigenvalue weighted by molar-refractivity contribution is 7.15. The fourth-order valence-corrected chi connectivity index (χ4v) is 3.33. The summed E-state index contributed by atoms with van der Waals surface area (Å²) in [4.78, 5) is 16.3. The zero-order valence-electron chi connectivity index (χ0n) is 11.3. The molecular formula is C15H13FN2O2S. The predicted molar refractivity (Wildman–Crippen MR) is 79.2 cm³/mol. The fraction of sp³-hybridized carbons (Fsp3) is 0.200. The van der Waals surface area contributed by atoms with Gasteiger partial charge in [0.2, 0.25) is 0 Å². The number of rotatable bonds is 4. The van der Waals surface area contributed by atoms with Crippen molar-refractivity contribution >= 4 is 22.3 Å². The first-order chi connectivity index (χ1) is 10.1. The summed E-state index contributed by atoms with van der Waals surface area (Å²) in [6.45, 7) is 2.00. The standard InChI is InChI=1S/C15H13FN2O2S/c1-2-12-14(9-3-5-10(16)6-4-9)17-15-18(12)11(8-21-15)7-13(19)20/h3-6,8H,2,7H2,1H3,(H,19,20). The van der Waals surface area contributed by atoms with E-state index in [0.29, 0.717) is 0 Å². The number of aromatic nitrogens is 2. The second-order valence-electron chi connectivity index (χ2n) is 4.68. The van der Waals surface area contributed by atoms with Gasteiger partial charge < -0.3 is 5.11 Å². The highest BCUT2D eigenvalue weighted by Crippen LogP contribution is 2.29. The van der Waals surface area contributed by atoms with Crippen LogP contribution in [0, 0.1) is 5.82 Å². The second-order valence-corrected chi connectivity index (χ2v) is 5.52. The van der Waals surface area contributed by atoms with Crippen LogP contribution in [-0.4, -0.2) is 20.5 Å². The zero-order valence-corrected chi connectivity index (χ0v) is 12.2. The molecular weight excluding hydrogens is 291 g/mol. The summed E-state index contributed by atoms with van der Waals surface area (Å²) in [5.41, 5.74) is 3.30. The predicted octanol–water partition coefficient (Wildman–Crippen LogP) is 3.39. The summed E-state index contributed by atoms with van der Waals surface area (Å²) in [6.07, 6.45) is 0.684. The van der Waals surface area contributed by atoms with E-state index in [2.05, 4.69) is 4.98 Å². The molecule has 0 aliphatic heterocycles. The number of hydrogen-bond acceptors (Lipinski definition) is 3. The third kappa shape index (κ3) is 2.42. The van der Waals surface area contributed by atoms with Gasteiger partial charge in [-0.15, -0.1) is 11.3 Å². The van der Waals surface area contributed by atoms with E-state index in [0.717, 1.165) is 34.0 Å². The molecule has 0 spiro atoms. The van der Waals surface area contributed by atoms with Crippen molar-refractivity contribution in [3.8, 4) is 11.3 Å². The summed E-state index contributed by atoms with van der Waals surface area (Å²) >= 11 is 1.42. The van der Waals surface area contributed by atoms with E-state index in [9.17, 15) is 9.18 Å². The average Bonchev–Trinajstić information content (AvgIpc) is 2.99. The molecule has 1 aromatic carbocycles. The number of hydrogen-bond donors (Lipinski definition) is 1. The second kappa shape index (κ2) is 5.29. The fourth-order valence-electron chi connectivity index (χ4n) is 2.42. The number of carbonyl (C=O) groups is 1. The molecule has 0 saturated heterocycles. The number of carboxylic acids is 1. The Morgan fingerprint density at radius 1 is 1.38 bits per heavy atom. The molecule has 2 heterocycles. The summed E-state index contributed by atoms with van der Waals surface area (Å²) < 4.78 is 14.9. The zero-order chi connectivity index (χ0) is 15.0. The molecule has 6 heteroatoms. The third-order valence-corrected chi connectivity index (χ3v) is 4.19. The summed E-state index contributed by atoms with van der Waals surface area (Å²) in [6, 6.07) is 6.19. The number of carboxylic acid groups (broad SMARTS) is 1. The van der Waals surface area contributed by atoms with E-state index >= 15 is 0 Å². The lowest BCUT2D eigenvalue weighted by molar-refractivity contribution is -0.136. The molecule has 0 fully saturated rings. The van der Waals surface area contributed by atoms with Crippen LogP contribution < -0.4 is 0 Å². The number of nitrogens with zero attached hydrogens (tertiary/aromatic N) is 2. The average molecular weight is 304 g/mol. The van der Waals surface area contributed by atoms with Gasteiger partial charge in [-0.25, -0.2) is 9.37 Å². The van der Waals surface area contributed by atoms with Gasteiger partial charge in [-0.3, -0.25) is 9.20 Å². The van der Waals surface area contributed by atoms with E-state index in [4.69, 9.17) is 5.11 Å². The Morgan fingerprint density at radius 2 is 2.10 bits per heavy atom. The van der Waals surface area contributed by atoms with E-state index < -0.39 is 5.97 Å². The molecule has 1 N–H and O–H groups in total. The Labute approximate surface area is 124 Å². The van der Waals surface area contributed by atoms with Crippen LogP contribution in [0.1, 0.15) is 18.3 Å². The number of halogens is 1. The molecule has 0 unspecified atom stereocenters. The van der Waals surface area contributed by atoms with Crippen LogP contribution in [0.3, 0.4) is 0 Å². The largest absolute Gasteiger partial charge is 0.481 e. The van der Waals surface area contributed by atoms with Gasteiger partial charge in [0, 0.05) is 16.6 Å². The quantitative estimate of drug-likeness (QED) is 0.804. The molecule has 0 bridgehead atoms. The molecule has 3 aromatic rings. The van der Waals surface area contributed by atoms with Crippen LogP contribution in [0.5, 0.6) is 0 Å². The van der Waals surface area contributed by atoms with Gasteiger partial charge in [0.25, 0.3) is 0 Å². The smallest absolute Gasteiger partial charge is 0.309 e. The van der Waals surface area contributed by atoms with E-state index in [1.54, 1.807) is 12.1 Å². The van der Waals surface area contributed by atoms with Crippen LogP contribution in [0.25, 0.3) is 16.2 Å². The first-order valence-corrected chi connectivity index (χ1v) is 7.43. The van der Waals surface area contributed by atoms with Crippen molar-refractivity contribution < 1.29 is 14.3 Å². The van der Waals surface area contributed by atoms with Gasteiger partial charge in [-0.05, 0) is 30.7 Å². The van der Waals surface area contributed by atoms with Crippen molar-refractivity contribution in [2.24, 2.45) is 0 Å². The molecule has 21 heavy (non-hydrogen) atoms. The number of imidazole rings is 1. The van der Waals surface area contributed by atoms with E-state index in [1.807, 2.05) is 16.7 Å². The maximum Gasteiger partial charge on any atom is 0.309 e. The first-order valence-electron chi connectivity index (χ1n) is 6.55. The molecule has 3 rings (SSSR count). The number of aliphatic carboxylic acids is 1. The monoisotopic (exact) mass is 304 g/mol. The van der Waals surface area contributed by atoms with Gasteiger partial charge in [-0.2, -0.15) is 0 Å². The number of benzene rings is 1. The minimum absolute atomic E-state index is 0.0355. The van der Waals surface area contributed by atoms with Gasteiger partial charge in [0.1, 0.15) is 5.82 Å². The van der Waals surface area contributed by atoms with Gasteiger partial charge in [0.15, 0.2) is 4.96 Å².